The maximum Gasteiger partial charge on any atom is 0.228 e. The Hall–Kier alpha value is -0.280. The minimum absolute atomic E-state index is 0.0998. The summed E-state index contributed by atoms with van der Waals surface area (Å²) < 4.78 is 5.37. The van der Waals surface area contributed by atoms with E-state index in [0.29, 0.717) is 18.4 Å². The third-order valence-electron chi connectivity index (χ3n) is 3.56. The molecule has 0 bridgehead atoms. The zero-order valence-corrected chi connectivity index (χ0v) is 10.4. The van der Waals surface area contributed by atoms with Gasteiger partial charge < -0.3 is 9.64 Å². The Morgan fingerprint density at radius 1 is 1.38 bits per heavy atom. The molecule has 2 aliphatic rings. The highest BCUT2D eigenvalue weighted by Crippen LogP contribution is 2.22. The van der Waals surface area contributed by atoms with Gasteiger partial charge in [0.2, 0.25) is 5.91 Å². The molecule has 4 heteroatoms. The lowest BCUT2D eigenvalue weighted by atomic mass is 9.96. The van der Waals surface area contributed by atoms with Crippen molar-refractivity contribution in [3.63, 3.8) is 0 Å². The van der Waals surface area contributed by atoms with Crippen LogP contribution in [0.25, 0.3) is 0 Å². The lowest BCUT2D eigenvalue weighted by Gasteiger charge is -2.35. The average Bonchev–Trinajstić information content (AvgIpc) is 2.39. The van der Waals surface area contributed by atoms with Gasteiger partial charge in [-0.05, 0) is 31.6 Å². The van der Waals surface area contributed by atoms with Crippen molar-refractivity contribution in [1.29, 1.82) is 0 Å². The molecular formula is C12H20ClNO2. The average molecular weight is 246 g/mol. The minimum Gasteiger partial charge on any atom is -0.381 e. The van der Waals surface area contributed by atoms with Crippen molar-refractivity contribution < 1.29 is 9.53 Å². The first-order chi connectivity index (χ1) is 7.81. The number of hydrogen-bond acceptors (Lipinski definition) is 2. The van der Waals surface area contributed by atoms with Gasteiger partial charge in [-0.3, -0.25) is 4.79 Å². The van der Waals surface area contributed by atoms with Crippen LogP contribution in [0.3, 0.4) is 0 Å². The second-order valence-electron chi connectivity index (χ2n) is 4.86. The molecule has 2 atom stereocenters. The number of halogens is 1. The van der Waals surface area contributed by atoms with E-state index in [1.807, 2.05) is 4.90 Å². The number of alkyl halides is 1. The predicted molar refractivity (Wildman–Crippen MR) is 63.6 cm³/mol. The van der Waals surface area contributed by atoms with E-state index in [0.717, 1.165) is 45.4 Å². The van der Waals surface area contributed by atoms with E-state index >= 15 is 0 Å². The third kappa shape index (κ3) is 2.89. The first-order valence-electron chi connectivity index (χ1n) is 6.23. The molecule has 2 fully saturated rings. The summed E-state index contributed by atoms with van der Waals surface area (Å²) >= 11 is 5.87. The summed E-state index contributed by atoms with van der Waals surface area (Å²) in [5.74, 6) is 1.55. The first-order valence-corrected chi connectivity index (χ1v) is 6.77. The molecule has 2 saturated heterocycles. The molecule has 2 aliphatic heterocycles. The smallest absolute Gasteiger partial charge is 0.228 e. The lowest BCUT2D eigenvalue weighted by Crippen LogP contribution is -2.45. The maximum atomic E-state index is 12.2. The van der Waals surface area contributed by atoms with Gasteiger partial charge in [-0.2, -0.15) is 0 Å². The second kappa shape index (κ2) is 5.87. The van der Waals surface area contributed by atoms with Crippen molar-refractivity contribution >= 4 is 17.5 Å². The van der Waals surface area contributed by atoms with E-state index in [4.69, 9.17) is 16.3 Å². The van der Waals surface area contributed by atoms with Gasteiger partial charge in [0.05, 0.1) is 12.5 Å². The van der Waals surface area contributed by atoms with E-state index in [2.05, 4.69) is 0 Å². The summed E-state index contributed by atoms with van der Waals surface area (Å²) in [6.45, 7) is 3.18. The number of likely N-dealkylation sites (tertiary alicyclic amines) is 1. The fraction of sp³-hybridized carbons (Fsp3) is 0.917. The second-order valence-corrected chi connectivity index (χ2v) is 5.17. The molecule has 2 heterocycles. The number of carbonyl (C=O) groups excluding carboxylic acids is 1. The third-order valence-corrected chi connectivity index (χ3v) is 3.99. The van der Waals surface area contributed by atoms with Gasteiger partial charge in [0.15, 0.2) is 0 Å². The van der Waals surface area contributed by atoms with Gasteiger partial charge in [0.25, 0.3) is 0 Å². The molecule has 2 rings (SSSR count). The van der Waals surface area contributed by atoms with Crippen LogP contribution >= 0.6 is 11.6 Å². The van der Waals surface area contributed by atoms with Gasteiger partial charge in [0, 0.05) is 25.6 Å². The number of piperidine rings is 1. The van der Waals surface area contributed by atoms with E-state index in [-0.39, 0.29) is 11.8 Å². The molecule has 16 heavy (non-hydrogen) atoms. The van der Waals surface area contributed by atoms with Gasteiger partial charge in [-0.1, -0.05) is 0 Å². The molecular weight excluding hydrogens is 226 g/mol. The molecule has 1 amide bonds. The predicted octanol–water partition coefficient (Wildman–Crippen LogP) is 1.89. The number of carbonyl (C=O) groups is 1. The summed E-state index contributed by atoms with van der Waals surface area (Å²) in [4.78, 5) is 14.2. The number of amides is 1. The fourth-order valence-electron chi connectivity index (χ4n) is 2.58. The molecule has 0 aromatic rings. The van der Waals surface area contributed by atoms with E-state index in [1.54, 1.807) is 0 Å². The van der Waals surface area contributed by atoms with Gasteiger partial charge in [-0.25, -0.2) is 0 Å². The van der Waals surface area contributed by atoms with Gasteiger partial charge >= 0.3 is 0 Å². The Kier molecular flexibility index (Phi) is 4.47. The summed E-state index contributed by atoms with van der Waals surface area (Å²) in [6, 6.07) is 0. The number of hydrogen-bond donors (Lipinski definition) is 0. The van der Waals surface area contributed by atoms with Crippen molar-refractivity contribution in [2.75, 3.05) is 32.2 Å². The molecule has 0 aromatic carbocycles. The largest absolute Gasteiger partial charge is 0.381 e. The van der Waals surface area contributed by atoms with Crippen LogP contribution in [-0.2, 0) is 9.53 Å². The number of rotatable bonds is 2. The summed E-state index contributed by atoms with van der Waals surface area (Å²) in [5, 5.41) is 0. The normalized spacial score (nSPS) is 31.4. The molecule has 0 spiro atoms. The van der Waals surface area contributed by atoms with Crippen molar-refractivity contribution in [3.8, 4) is 0 Å². The molecule has 0 radical (unpaired) electrons. The van der Waals surface area contributed by atoms with Crippen LogP contribution in [0, 0.1) is 11.8 Å². The highest BCUT2D eigenvalue weighted by molar-refractivity contribution is 6.18. The summed E-state index contributed by atoms with van der Waals surface area (Å²) in [5.41, 5.74) is 0. The van der Waals surface area contributed by atoms with E-state index in [9.17, 15) is 4.79 Å². The Labute approximate surface area is 102 Å². The van der Waals surface area contributed by atoms with Crippen molar-refractivity contribution in [1.82, 2.24) is 4.90 Å². The topological polar surface area (TPSA) is 29.5 Å². The van der Waals surface area contributed by atoms with Gasteiger partial charge in [-0.15, -0.1) is 11.6 Å². The van der Waals surface area contributed by atoms with Crippen molar-refractivity contribution in [2.45, 2.75) is 25.7 Å². The van der Waals surface area contributed by atoms with Gasteiger partial charge in [0.1, 0.15) is 0 Å². The molecule has 0 aliphatic carbocycles. The maximum absolute atomic E-state index is 12.2. The van der Waals surface area contributed by atoms with Crippen LogP contribution in [0.2, 0.25) is 0 Å². The van der Waals surface area contributed by atoms with Crippen LogP contribution in [0.4, 0.5) is 0 Å². The number of ether oxygens (including phenoxy) is 1. The zero-order chi connectivity index (χ0) is 11.4. The van der Waals surface area contributed by atoms with Crippen molar-refractivity contribution in [3.05, 3.63) is 0 Å². The zero-order valence-electron chi connectivity index (χ0n) is 9.66. The summed E-state index contributed by atoms with van der Waals surface area (Å²) in [6.07, 6.45) is 4.26. The standard InChI is InChI=1S/C12H20ClNO2/c13-7-10-3-1-5-14(8-10)12(15)11-4-2-6-16-9-11/h10-11H,1-9H2. The highest BCUT2D eigenvalue weighted by Gasteiger charge is 2.29. The Balaban J connectivity index is 1.87. The SMILES string of the molecule is O=C(C1CCCOC1)N1CCCC(CCl)C1. The molecule has 0 N–H and O–H groups in total. The molecule has 92 valence electrons. The Morgan fingerprint density at radius 3 is 2.94 bits per heavy atom. The molecule has 0 saturated carbocycles. The van der Waals surface area contributed by atoms with Crippen LogP contribution in [0.15, 0.2) is 0 Å². The molecule has 3 nitrogen and oxygen atoms in total. The quantitative estimate of drug-likeness (QED) is 0.696. The highest BCUT2D eigenvalue weighted by atomic mass is 35.5. The Bertz CT molecular complexity index is 241. The van der Waals surface area contributed by atoms with Crippen molar-refractivity contribution in [2.24, 2.45) is 11.8 Å². The molecule has 0 aromatic heterocycles. The van der Waals surface area contributed by atoms with Crippen LogP contribution in [-0.4, -0.2) is 43.0 Å². The van der Waals surface area contributed by atoms with Crippen LogP contribution < -0.4 is 0 Å². The monoisotopic (exact) mass is 245 g/mol. The van der Waals surface area contributed by atoms with E-state index < -0.39 is 0 Å². The Morgan fingerprint density at radius 2 is 2.25 bits per heavy atom. The van der Waals surface area contributed by atoms with E-state index in [1.165, 1.54) is 0 Å². The minimum atomic E-state index is 0.0998. The fourth-order valence-corrected chi connectivity index (χ4v) is 2.84. The lowest BCUT2D eigenvalue weighted by molar-refractivity contribution is -0.141. The van der Waals surface area contributed by atoms with Crippen LogP contribution in [0.1, 0.15) is 25.7 Å². The number of nitrogens with zero attached hydrogens (tertiary/aromatic N) is 1. The molecule has 2 unspecified atom stereocenters. The van der Waals surface area contributed by atoms with Crippen LogP contribution in [0.5, 0.6) is 0 Å². The summed E-state index contributed by atoms with van der Waals surface area (Å²) in [7, 11) is 0. The first kappa shape index (κ1) is 12.2.